The van der Waals surface area contributed by atoms with Crippen molar-refractivity contribution in [3.05, 3.63) is 51.5 Å². The molecule has 0 aliphatic carbocycles. The van der Waals surface area contributed by atoms with Crippen molar-refractivity contribution in [3.8, 4) is 0 Å². The highest BCUT2D eigenvalue weighted by Gasteiger charge is 2.33. The van der Waals surface area contributed by atoms with Crippen molar-refractivity contribution in [1.82, 2.24) is 15.6 Å². The number of carbonyl (C=O) groups excluding carboxylic acids is 1. The van der Waals surface area contributed by atoms with Crippen LogP contribution in [0, 0.1) is 0 Å². The van der Waals surface area contributed by atoms with E-state index < -0.39 is 17.8 Å². The number of amides is 1. The van der Waals surface area contributed by atoms with Gasteiger partial charge in [-0.25, -0.2) is 4.98 Å². The summed E-state index contributed by atoms with van der Waals surface area (Å²) >= 11 is 0.927. The van der Waals surface area contributed by atoms with Gasteiger partial charge in [0, 0.05) is 24.5 Å². The molecule has 25 heavy (non-hydrogen) atoms. The average Bonchev–Trinajstić information content (AvgIpc) is 3.04. The second kappa shape index (κ2) is 7.97. The number of alkyl halides is 3. The lowest BCUT2D eigenvalue weighted by Crippen LogP contribution is -2.36. The number of rotatable bonds is 5. The van der Waals surface area contributed by atoms with Gasteiger partial charge in [0.15, 0.2) is 11.7 Å². The van der Waals surface area contributed by atoms with Gasteiger partial charge < -0.3 is 16.4 Å². The van der Waals surface area contributed by atoms with Crippen LogP contribution >= 0.6 is 11.3 Å². The van der Waals surface area contributed by atoms with E-state index in [0.717, 1.165) is 22.3 Å². The third-order valence-electron chi connectivity index (χ3n) is 3.17. The van der Waals surface area contributed by atoms with Gasteiger partial charge in [0.1, 0.15) is 5.01 Å². The van der Waals surface area contributed by atoms with E-state index in [-0.39, 0.29) is 6.54 Å². The van der Waals surface area contributed by atoms with Gasteiger partial charge in [0.05, 0.1) is 6.54 Å². The monoisotopic (exact) mass is 371 g/mol. The zero-order valence-electron chi connectivity index (χ0n) is 13.2. The highest BCUT2D eigenvalue weighted by Crippen LogP contribution is 2.29. The number of nitrogens with one attached hydrogen (secondary N) is 2. The molecule has 1 heterocycles. The molecule has 0 fully saturated rings. The summed E-state index contributed by atoms with van der Waals surface area (Å²) in [6, 6.07) is 6.72. The van der Waals surface area contributed by atoms with E-state index in [4.69, 9.17) is 5.73 Å². The van der Waals surface area contributed by atoms with Crippen molar-refractivity contribution >= 4 is 23.2 Å². The van der Waals surface area contributed by atoms with Crippen LogP contribution in [0.25, 0.3) is 0 Å². The zero-order valence-corrected chi connectivity index (χ0v) is 14.0. The number of hydrogen-bond donors (Lipinski definition) is 3. The number of guanidine groups is 1. The van der Waals surface area contributed by atoms with Gasteiger partial charge in [0.25, 0.3) is 0 Å². The lowest BCUT2D eigenvalue weighted by Gasteiger charge is -2.11. The maximum atomic E-state index is 12.5. The van der Waals surface area contributed by atoms with Gasteiger partial charge in [-0.15, -0.1) is 11.3 Å². The molecular formula is C15H16F3N5OS. The van der Waals surface area contributed by atoms with E-state index >= 15 is 0 Å². The summed E-state index contributed by atoms with van der Waals surface area (Å²) in [5, 5.41) is 7.20. The number of carbonyl (C=O) groups is 1. The van der Waals surface area contributed by atoms with Crippen LogP contribution in [0.5, 0.6) is 0 Å². The maximum Gasteiger partial charge on any atom is 0.434 e. The minimum absolute atomic E-state index is 0.126. The fraction of sp³-hybridized carbons (Fsp3) is 0.267. The van der Waals surface area contributed by atoms with Crippen molar-refractivity contribution in [3.63, 3.8) is 0 Å². The molecule has 10 heteroatoms. The van der Waals surface area contributed by atoms with Crippen LogP contribution in [0.4, 0.5) is 13.2 Å². The van der Waals surface area contributed by atoms with E-state index in [1.54, 1.807) is 31.3 Å². The Labute approximate surface area is 146 Å². The Bertz CT molecular complexity index is 755. The number of nitrogens with zero attached hydrogens (tertiary/aromatic N) is 2. The summed E-state index contributed by atoms with van der Waals surface area (Å²) in [6.07, 6.45) is -4.44. The molecule has 6 nitrogen and oxygen atoms in total. The van der Waals surface area contributed by atoms with Crippen LogP contribution in [0.2, 0.25) is 0 Å². The minimum atomic E-state index is -4.44. The first-order valence-corrected chi connectivity index (χ1v) is 8.02. The van der Waals surface area contributed by atoms with E-state index in [2.05, 4.69) is 20.6 Å². The molecule has 0 saturated carbocycles. The molecule has 4 N–H and O–H groups in total. The number of primary amides is 1. The summed E-state index contributed by atoms with van der Waals surface area (Å²) in [5.41, 5.74) is 5.58. The smallest absolute Gasteiger partial charge is 0.366 e. The van der Waals surface area contributed by atoms with Crippen LogP contribution < -0.4 is 16.4 Å². The summed E-state index contributed by atoms with van der Waals surface area (Å²) in [7, 11) is 1.55. The largest absolute Gasteiger partial charge is 0.434 e. The van der Waals surface area contributed by atoms with Crippen molar-refractivity contribution in [2.45, 2.75) is 19.3 Å². The summed E-state index contributed by atoms with van der Waals surface area (Å²) in [5.74, 6) is -0.0820. The normalized spacial score (nSPS) is 12.1. The van der Waals surface area contributed by atoms with Crippen molar-refractivity contribution in [2.75, 3.05) is 7.05 Å². The zero-order chi connectivity index (χ0) is 18.4. The Hall–Kier alpha value is -2.62. The highest BCUT2D eigenvalue weighted by atomic mass is 32.1. The molecule has 0 atom stereocenters. The molecule has 0 saturated heterocycles. The first-order chi connectivity index (χ1) is 11.8. The predicted molar refractivity (Wildman–Crippen MR) is 89.1 cm³/mol. The standard InChI is InChI=1S/C15H16F3N5OS/c1-20-14(21-6-9-2-4-10(5-3-9)13(19)24)22-7-12-23-11(8-25-12)15(16,17)18/h2-5,8H,6-7H2,1H3,(H2,19,24)(H2,20,21,22). The average molecular weight is 371 g/mol. The molecule has 1 aromatic heterocycles. The quantitative estimate of drug-likeness (QED) is 0.555. The van der Waals surface area contributed by atoms with Gasteiger partial charge in [-0.05, 0) is 17.7 Å². The fourth-order valence-electron chi connectivity index (χ4n) is 1.87. The lowest BCUT2D eigenvalue weighted by molar-refractivity contribution is -0.140. The Balaban J connectivity index is 1.86. The SMILES string of the molecule is CN=C(NCc1ccc(C(N)=O)cc1)NCc1nc(C(F)(F)F)cs1. The lowest BCUT2D eigenvalue weighted by atomic mass is 10.1. The number of aromatic nitrogens is 1. The Kier molecular flexibility index (Phi) is 5.97. The molecule has 0 aliphatic heterocycles. The Morgan fingerprint density at radius 1 is 1.24 bits per heavy atom. The maximum absolute atomic E-state index is 12.5. The predicted octanol–water partition coefficient (Wildman–Crippen LogP) is 2.13. The second-order valence-corrected chi connectivity index (χ2v) is 5.91. The van der Waals surface area contributed by atoms with E-state index in [1.165, 1.54) is 0 Å². The molecule has 134 valence electrons. The molecule has 2 rings (SSSR count). The number of benzene rings is 1. The molecule has 1 amide bonds. The molecule has 0 unspecified atom stereocenters. The summed E-state index contributed by atoms with van der Waals surface area (Å²) < 4.78 is 37.5. The first kappa shape index (κ1) is 18.7. The van der Waals surface area contributed by atoms with E-state index in [9.17, 15) is 18.0 Å². The third kappa shape index (κ3) is 5.45. The molecule has 0 radical (unpaired) electrons. The molecule has 0 bridgehead atoms. The molecule has 1 aromatic carbocycles. The molecule has 0 spiro atoms. The molecule has 2 aromatic rings. The topological polar surface area (TPSA) is 92.4 Å². The van der Waals surface area contributed by atoms with Crippen LogP contribution in [-0.4, -0.2) is 23.9 Å². The van der Waals surface area contributed by atoms with Gasteiger partial charge in [-0.1, -0.05) is 12.1 Å². The number of aliphatic imine (C=N–C) groups is 1. The van der Waals surface area contributed by atoms with Crippen LogP contribution in [0.3, 0.4) is 0 Å². The van der Waals surface area contributed by atoms with Crippen molar-refractivity contribution in [2.24, 2.45) is 10.7 Å². The number of thiazole rings is 1. The highest BCUT2D eigenvalue weighted by molar-refractivity contribution is 7.09. The van der Waals surface area contributed by atoms with Crippen molar-refractivity contribution in [1.29, 1.82) is 0 Å². The number of hydrogen-bond acceptors (Lipinski definition) is 4. The second-order valence-electron chi connectivity index (χ2n) is 4.96. The van der Waals surface area contributed by atoms with Gasteiger partial charge in [0.2, 0.25) is 5.91 Å². The van der Waals surface area contributed by atoms with Crippen LogP contribution in [0.15, 0.2) is 34.6 Å². The summed E-state index contributed by atoms with van der Waals surface area (Å²) in [6.45, 7) is 0.547. The van der Waals surface area contributed by atoms with E-state index in [1.807, 2.05) is 0 Å². The number of nitrogens with two attached hydrogens (primary N) is 1. The fourth-order valence-corrected chi connectivity index (χ4v) is 2.62. The van der Waals surface area contributed by atoms with E-state index in [0.29, 0.717) is 23.1 Å². The molecular weight excluding hydrogens is 355 g/mol. The van der Waals surface area contributed by atoms with Crippen molar-refractivity contribution < 1.29 is 18.0 Å². The Morgan fingerprint density at radius 2 is 1.88 bits per heavy atom. The third-order valence-corrected chi connectivity index (χ3v) is 4.02. The molecule has 0 aliphatic rings. The minimum Gasteiger partial charge on any atom is -0.366 e. The summed E-state index contributed by atoms with van der Waals surface area (Å²) in [4.78, 5) is 18.5. The van der Waals surface area contributed by atoms with Crippen LogP contribution in [-0.2, 0) is 19.3 Å². The van der Waals surface area contributed by atoms with Gasteiger partial charge >= 0.3 is 6.18 Å². The Morgan fingerprint density at radius 3 is 2.40 bits per heavy atom. The van der Waals surface area contributed by atoms with Gasteiger partial charge in [-0.3, -0.25) is 9.79 Å². The number of halogens is 3. The first-order valence-electron chi connectivity index (χ1n) is 7.14. The van der Waals surface area contributed by atoms with Crippen LogP contribution in [0.1, 0.15) is 26.6 Å². The van der Waals surface area contributed by atoms with Gasteiger partial charge in [-0.2, -0.15) is 13.2 Å².